The maximum Gasteiger partial charge on any atom is 0.275 e. The molecular weight excluding hydrogens is 375 g/mol. The highest BCUT2D eigenvalue weighted by Crippen LogP contribution is 2.32. The van der Waals surface area contributed by atoms with Gasteiger partial charge in [0.1, 0.15) is 11.5 Å². The van der Waals surface area contributed by atoms with Gasteiger partial charge in [0, 0.05) is 16.0 Å². The SMILES string of the molecule is CC(=NNC(=O)c1ccc2ccccc2c1O)c1cc(Cl)cc(Cl)c1O. The van der Waals surface area contributed by atoms with Crippen molar-refractivity contribution in [1.82, 2.24) is 5.43 Å². The molecule has 0 aromatic heterocycles. The summed E-state index contributed by atoms with van der Waals surface area (Å²) in [7, 11) is 0. The molecule has 0 aliphatic carbocycles. The fourth-order valence-corrected chi connectivity index (χ4v) is 3.03. The second-order valence-corrected chi connectivity index (χ2v) is 6.45. The monoisotopic (exact) mass is 388 g/mol. The molecule has 0 unspecified atom stereocenters. The molecule has 0 saturated heterocycles. The molecule has 1 amide bonds. The van der Waals surface area contributed by atoms with Crippen LogP contribution in [-0.2, 0) is 0 Å². The highest BCUT2D eigenvalue weighted by atomic mass is 35.5. The Bertz CT molecular complexity index is 1050. The molecular formula is C19H14Cl2N2O3. The number of halogens is 2. The molecule has 0 heterocycles. The van der Waals surface area contributed by atoms with Gasteiger partial charge in [-0.15, -0.1) is 0 Å². The highest BCUT2D eigenvalue weighted by Gasteiger charge is 2.15. The molecule has 5 nitrogen and oxygen atoms in total. The van der Waals surface area contributed by atoms with E-state index in [0.29, 0.717) is 21.7 Å². The van der Waals surface area contributed by atoms with Crippen LogP contribution >= 0.6 is 23.2 Å². The van der Waals surface area contributed by atoms with E-state index in [1.165, 1.54) is 18.2 Å². The Balaban J connectivity index is 1.89. The summed E-state index contributed by atoms with van der Waals surface area (Å²) in [5.41, 5.74) is 3.05. The third-order valence-corrected chi connectivity index (χ3v) is 4.39. The second kappa shape index (κ2) is 7.23. The van der Waals surface area contributed by atoms with Crippen LogP contribution in [0.4, 0.5) is 0 Å². The molecule has 26 heavy (non-hydrogen) atoms. The zero-order valence-corrected chi connectivity index (χ0v) is 15.1. The number of carbonyl (C=O) groups excluding carboxylic acids is 1. The van der Waals surface area contributed by atoms with Gasteiger partial charge in [0.25, 0.3) is 5.91 Å². The molecule has 0 aliphatic heterocycles. The van der Waals surface area contributed by atoms with E-state index in [9.17, 15) is 15.0 Å². The molecule has 0 fully saturated rings. The van der Waals surface area contributed by atoms with Gasteiger partial charge in [-0.2, -0.15) is 5.10 Å². The first-order chi connectivity index (χ1) is 12.4. The number of aromatic hydroxyl groups is 2. The van der Waals surface area contributed by atoms with Gasteiger partial charge in [0.2, 0.25) is 0 Å². The molecule has 0 atom stereocenters. The Morgan fingerprint density at radius 2 is 1.73 bits per heavy atom. The van der Waals surface area contributed by atoms with Crippen molar-refractivity contribution in [3.8, 4) is 11.5 Å². The summed E-state index contributed by atoms with van der Waals surface area (Å²) < 4.78 is 0. The van der Waals surface area contributed by atoms with Crippen LogP contribution in [0, 0.1) is 0 Å². The molecule has 0 radical (unpaired) electrons. The van der Waals surface area contributed by atoms with Crippen LogP contribution in [0.15, 0.2) is 53.6 Å². The van der Waals surface area contributed by atoms with Crippen molar-refractivity contribution in [2.75, 3.05) is 0 Å². The number of hydrogen-bond acceptors (Lipinski definition) is 4. The fraction of sp³-hybridized carbons (Fsp3) is 0.0526. The van der Waals surface area contributed by atoms with E-state index in [1.807, 2.05) is 12.1 Å². The Kier molecular flexibility index (Phi) is 5.02. The van der Waals surface area contributed by atoms with Crippen LogP contribution in [0.2, 0.25) is 10.0 Å². The standard InChI is InChI=1S/C19H14Cl2N2O3/c1-10(15-8-12(20)9-16(21)18(15)25)22-23-19(26)14-7-6-11-4-2-3-5-13(11)17(14)24/h2-9,24-25H,1H3,(H,23,26). The third-order valence-electron chi connectivity index (χ3n) is 3.89. The number of phenolic OH excluding ortho intramolecular Hbond substituents is 2. The van der Waals surface area contributed by atoms with Crippen LogP contribution in [0.3, 0.4) is 0 Å². The number of nitrogens with one attached hydrogen (secondary N) is 1. The van der Waals surface area contributed by atoms with E-state index in [2.05, 4.69) is 10.5 Å². The molecule has 0 bridgehead atoms. The summed E-state index contributed by atoms with van der Waals surface area (Å²) in [4.78, 5) is 12.4. The quantitative estimate of drug-likeness (QED) is 0.448. The highest BCUT2D eigenvalue weighted by molar-refractivity contribution is 6.36. The maximum absolute atomic E-state index is 12.4. The lowest BCUT2D eigenvalue weighted by atomic mass is 10.1. The number of phenols is 2. The van der Waals surface area contributed by atoms with Crippen LogP contribution in [0.1, 0.15) is 22.8 Å². The normalized spacial score (nSPS) is 11.6. The number of fused-ring (bicyclic) bond motifs is 1. The van der Waals surface area contributed by atoms with Crippen LogP contribution in [0.5, 0.6) is 11.5 Å². The largest absolute Gasteiger partial charge is 0.506 e. The first-order valence-electron chi connectivity index (χ1n) is 7.62. The van der Waals surface area contributed by atoms with Crippen LogP contribution in [0.25, 0.3) is 10.8 Å². The Hall–Kier alpha value is -2.76. The van der Waals surface area contributed by atoms with E-state index in [0.717, 1.165) is 5.39 Å². The average Bonchev–Trinajstić information content (AvgIpc) is 2.63. The molecule has 7 heteroatoms. The van der Waals surface area contributed by atoms with E-state index in [4.69, 9.17) is 23.2 Å². The van der Waals surface area contributed by atoms with Crippen molar-refractivity contribution in [2.24, 2.45) is 5.10 Å². The molecule has 0 spiro atoms. The number of amides is 1. The minimum Gasteiger partial charge on any atom is -0.506 e. The van der Waals surface area contributed by atoms with E-state index in [-0.39, 0.29) is 22.1 Å². The van der Waals surface area contributed by atoms with E-state index in [1.54, 1.807) is 25.1 Å². The number of hydrogen-bond donors (Lipinski definition) is 3. The van der Waals surface area contributed by atoms with Crippen molar-refractivity contribution >= 4 is 45.6 Å². The minimum atomic E-state index is -0.583. The summed E-state index contributed by atoms with van der Waals surface area (Å²) in [5, 5.41) is 26.1. The van der Waals surface area contributed by atoms with Crippen molar-refractivity contribution < 1.29 is 15.0 Å². The lowest BCUT2D eigenvalue weighted by Crippen LogP contribution is -2.19. The van der Waals surface area contributed by atoms with Gasteiger partial charge in [0.15, 0.2) is 0 Å². The second-order valence-electron chi connectivity index (χ2n) is 5.60. The lowest BCUT2D eigenvalue weighted by molar-refractivity contribution is 0.0952. The molecule has 3 rings (SSSR count). The summed E-state index contributed by atoms with van der Waals surface area (Å²) in [6.07, 6.45) is 0. The molecule has 0 saturated carbocycles. The van der Waals surface area contributed by atoms with Gasteiger partial charge in [-0.05, 0) is 30.5 Å². The first-order valence-corrected chi connectivity index (χ1v) is 8.38. The van der Waals surface area contributed by atoms with Gasteiger partial charge in [-0.1, -0.05) is 53.5 Å². The minimum absolute atomic E-state index is 0.0838. The number of carbonyl (C=O) groups is 1. The lowest BCUT2D eigenvalue weighted by Gasteiger charge is -2.09. The Labute approximate surface area is 159 Å². The van der Waals surface area contributed by atoms with Crippen LogP contribution in [-0.4, -0.2) is 21.8 Å². The van der Waals surface area contributed by atoms with Crippen molar-refractivity contribution in [3.05, 3.63) is 69.7 Å². The smallest absolute Gasteiger partial charge is 0.275 e. The summed E-state index contributed by atoms with van der Waals surface area (Å²) in [6.45, 7) is 1.59. The molecule has 132 valence electrons. The number of rotatable bonds is 3. The van der Waals surface area contributed by atoms with Gasteiger partial charge >= 0.3 is 0 Å². The topological polar surface area (TPSA) is 81.9 Å². The van der Waals surface area contributed by atoms with Crippen molar-refractivity contribution in [1.29, 1.82) is 0 Å². The average molecular weight is 389 g/mol. The zero-order valence-electron chi connectivity index (χ0n) is 13.6. The predicted octanol–water partition coefficient (Wildman–Crippen LogP) is 4.71. The Morgan fingerprint density at radius 1 is 1.00 bits per heavy atom. The van der Waals surface area contributed by atoms with Gasteiger partial charge in [-0.3, -0.25) is 4.79 Å². The summed E-state index contributed by atoms with van der Waals surface area (Å²) >= 11 is 11.8. The van der Waals surface area contributed by atoms with Gasteiger partial charge in [-0.25, -0.2) is 5.43 Å². The van der Waals surface area contributed by atoms with Crippen LogP contribution < -0.4 is 5.43 Å². The van der Waals surface area contributed by atoms with E-state index >= 15 is 0 Å². The number of hydrazone groups is 1. The number of nitrogens with zero attached hydrogens (tertiary/aromatic N) is 1. The van der Waals surface area contributed by atoms with Crippen molar-refractivity contribution in [2.45, 2.75) is 6.92 Å². The molecule has 3 aromatic carbocycles. The molecule has 3 aromatic rings. The zero-order chi connectivity index (χ0) is 18.8. The molecule has 3 N–H and O–H groups in total. The predicted molar refractivity (Wildman–Crippen MR) is 103 cm³/mol. The summed E-state index contributed by atoms with van der Waals surface area (Å²) in [5.74, 6) is -0.887. The first kappa shape index (κ1) is 18.0. The molecule has 0 aliphatic rings. The maximum atomic E-state index is 12.4. The van der Waals surface area contributed by atoms with E-state index < -0.39 is 5.91 Å². The Morgan fingerprint density at radius 3 is 2.50 bits per heavy atom. The van der Waals surface area contributed by atoms with Gasteiger partial charge < -0.3 is 10.2 Å². The van der Waals surface area contributed by atoms with Crippen molar-refractivity contribution in [3.63, 3.8) is 0 Å². The number of benzene rings is 3. The third kappa shape index (κ3) is 3.45. The fourth-order valence-electron chi connectivity index (χ4n) is 2.54. The summed E-state index contributed by atoms with van der Waals surface area (Å²) in [6, 6.07) is 13.3. The van der Waals surface area contributed by atoms with Gasteiger partial charge in [0.05, 0.1) is 16.3 Å².